The van der Waals surface area contributed by atoms with Gasteiger partial charge in [0.15, 0.2) is 0 Å². The summed E-state index contributed by atoms with van der Waals surface area (Å²) in [6, 6.07) is 6.06. The number of carbonyl (C=O) groups is 2. The molecule has 2 aliphatic rings. The van der Waals surface area contributed by atoms with Gasteiger partial charge in [0.2, 0.25) is 0 Å². The Kier molecular flexibility index (Phi) is 5.29. The third-order valence-electron chi connectivity index (χ3n) is 3.91. The number of morpholine rings is 1. The lowest BCUT2D eigenvalue weighted by molar-refractivity contribution is -1.92. The maximum atomic E-state index is 12.3. The van der Waals surface area contributed by atoms with E-state index in [9.17, 15) is 23.6 Å². The second kappa shape index (κ2) is 7.32. The first-order valence-electron chi connectivity index (χ1n) is 7.58. The minimum atomic E-state index is -4.80. The monoisotopic (exact) mass is 389 g/mol. The van der Waals surface area contributed by atoms with Crippen LogP contribution < -0.4 is 29.5 Å². The van der Waals surface area contributed by atoms with Crippen LogP contribution in [0.15, 0.2) is 24.3 Å². The highest BCUT2D eigenvalue weighted by Gasteiger charge is 2.42. The molecule has 0 aromatic heterocycles. The summed E-state index contributed by atoms with van der Waals surface area (Å²) in [7, 11) is -4.80. The van der Waals surface area contributed by atoms with E-state index in [1.54, 1.807) is 24.3 Å². The number of rotatable bonds is 5. The highest BCUT2D eigenvalue weighted by atomic mass is 35.7. The molecule has 2 atom stereocenters. The van der Waals surface area contributed by atoms with Crippen molar-refractivity contribution in [2.75, 3.05) is 36.1 Å². The predicted octanol–water partition coefficient (Wildman–Crippen LogP) is -3.43. The van der Waals surface area contributed by atoms with Crippen LogP contribution in [0.1, 0.15) is 0 Å². The summed E-state index contributed by atoms with van der Waals surface area (Å²) in [6.45, 7) is 0.556. The fraction of sp³-hybridized carbons (Fsp3) is 0.429. The Hall–Kier alpha value is -1.99. The van der Waals surface area contributed by atoms with Crippen LogP contribution in [0.2, 0.25) is 0 Å². The normalized spacial score (nSPS) is 24.2. The average molecular weight is 390 g/mol. The van der Waals surface area contributed by atoms with Crippen LogP contribution in [0.5, 0.6) is 0 Å². The molecule has 26 heavy (non-hydrogen) atoms. The zero-order chi connectivity index (χ0) is 18.9. The summed E-state index contributed by atoms with van der Waals surface area (Å²) in [6.07, 6.45) is -2.34. The van der Waals surface area contributed by atoms with E-state index in [1.165, 1.54) is 9.80 Å². The Morgan fingerprint density at radius 1 is 1.19 bits per heavy atom. The summed E-state index contributed by atoms with van der Waals surface area (Å²) in [5.41, 5.74) is 6.59. The lowest BCUT2D eigenvalue weighted by atomic mass is 10.2. The van der Waals surface area contributed by atoms with Gasteiger partial charge in [-0.15, -0.1) is 0 Å². The van der Waals surface area contributed by atoms with Gasteiger partial charge < -0.3 is 20.1 Å². The number of nitrogens with zero attached hydrogens (tertiary/aromatic N) is 2. The minimum Gasteiger partial charge on any atom is -0.447 e. The van der Waals surface area contributed by atoms with E-state index in [2.05, 4.69) is 4.29 Å². The molecule has 1 aromatic carbocycles. The van der Waals surface area contributed by atoms with Crippen LogP contribution in [0.3, 0.4) is 0 Å². The molecule has 2 unspecified atom stereocenters. The van der Waals surface area contributed by atoms with Crippen molar-refractivity contribution >= 4 is 23.4 Å². The topological polar surface area (TPSA) is 164 Å². The van der Waals surface area contributed by atoms with E-state index in [0.29, 0.717) is 11.4 Å². The molecule has 12 heteroatoms. The molecule has 0 spiro atoms. The largest absolute Gasteiger partial charge is 0.447 e. The minimum absolute atomic E-state index is 0.0170. The number of hydrogen-bond acceptors (Lipinski definition) is 9. The van der Waals surface area contributed by atoms with E-state index in [1.807, 2.05) is 0 Å². The fourth-order valence-corrected chi connectivity index (χ4v) is 3.05. The number of ether oxygens (including phenoxy) is 2. The molecule has 0 aliphatic carbocycles. The van der Waals surface area contributed by atoms with Crippen LogP contribution in [0.4, 0.5) is 16.2 Å². The van der Waals surface area contributed by atoms with E-state index < -0.39 is 28.5 Å². The molecule has 2 heterocycles. The van der Waals surface area contributed by atoms with E-state index >= 15 is 0 Å². The first kappa shape index (κ1) is 18.8. The smallest absolute Gasteiger partial charge is 0.414 e. The Labute approximate surface area is 150 Å². The summed E-state index contributed by atoms with van der Waals surface area (Å²) >= 11 is 0. The predicted molar refractivity (Wildman–Crippen MR) is 76.3 cm³/mol. The SMILES string of the molecule is NCC1COC(=O)N1c1ccc(N2CCOC(O[Cl+3]([O-])([O-])[O-])C2=O)cc1. The number of benzene rings is 1. The molecular weight excluding hydrogens is 374 g/mol. The van der Waals surface area contributed by atoms with Crippen LogP contribution in [-0.2, 0) is 18.6 Å². The van der Waals surface area contributed by atoms with Crippen molar-refractivity contribution in [3.8, 4) is 0 Å². The van der Waals surface area contributed by atoms with E-state index in [4.69, 9.17) is 15.2 Å². The van der Waals surface area contributed by atoms with Crippen LogP contribution in [0.25, 0.3) is 0 Å². The molecule has 2 saturated heterocycles. The van der Waals surface area contributed by atoms with Gasteiger partial charge in [0.25, 0.3) is 0 Å². The van der Waals surface area contributed by atoms with Gasteiger partial charge in [-0.05, 0) is 24.3 Å². The molecule has 2 fully saturated rings. The Morgan fingerprint density at radius 3 is 2.46 bits per heavy atom. The molecule has 3 rings (SSSR count). The molecule has 0 bridgehead atoms. The molecule has 11 nitrogen and oxygen atoms in total. The number of anilines is 2. The van der Waals surface area contributed by atoms with Gasteiger partial charge in [-0.3, -0.25) is 9.69 Å². The lowest BCUT2D eigenvalue weighted by Gasteiger charge is -2.30. The molecule has 0 saturated carbocycles. The summed E-state index contributed by atoms with van der Waals surface area (Å²) in [5.74, 6) is -0.823. The molecular formula is C14H16ClN3O8. The van der Waals surface area contributed by atoms with Gasteiger partial charge in [0.1, 0.15) is 10.9 Å². The van der Waals surface area contributed by atoms with Gasteiger partial charge in [0, 0.05) is 24.5 Å². The summed E-state index contributed by atoms with van der Waals surface area (Å²) in [4.78, 5) is 26.7. The first-order valence-corrected chi connectivity index (χ1v) is 8.82. The third kappa shape index (κ3) is 3.88. The van der Waals surface area contributed by atoms with Crippen molar-refractivity contribution < 1.29 is 47.6 Å². The second-order valence-electron chi connectivity index (χ2n) is 5.51. The van der Waals surface area contributed by atoms with Gasteiger partial charge in [-0.25, -0.2) is 4.79 Å². The van der Waals surface area contributed by atoms with Crippen molar-refractivity contribution in [1.82, 2.24) is 0 Å². The van der Waals surface area contributed by atoms with E-state index in [-0.39, 0.29) is 32.3 Å². The van der Waals surface area contributed by atoms with Crippen molar-refractivity contribution in [3.05, 3.63) is 24.3 Å². The van der Waals surface area contributed by atoms with Gasteiger partial charge in [-0.2, -0.15) is 14.0 Å². The van der Waals surface area contributed by atoms with Gasteiger partial charge in [-0.1, -0.05) is 0 Å². The molecule has 2 N–H and O–H groups in total. The maximum absolute atomic E-state index is 12.3. The van der Waals surface area contributed by atoms with Crippen LogP contribution >= 0.6 is 0 Å². The number of nitrogens with two attached hydrogens (primary N) is 1. The van der Waals surface area contributed by atoms with Crippen molar-refractivity contribution in [1.29, 1.82) is 0 Å². The fourth-order valence-electron chi connectivity index (χ4n) is 2.72. The molecule has 2 amide bonds. The third-order valence-corrected chi connectivity index (χ3v) is 4.29. The molecule has 142 valence electrons. The number of halogens is 1. The highest BCUT2D eigenvalue weighted by Crippen LogP contribution is 2.27. The Balaban J connectivity index is 1.75. The standard InChI is InChI=1S/C14H16ClN3O8/c16-7-11-8-25-14(20)18(11)10-3-1-9(2-4-10)17-5-6-24-13(12(17)19)26-15(21,22)23/h1-4,11,13H,5-8,16H2. The first-order chi connectivity index (χ1) is 12.3. The number of carbonyl (C=O) groups excluding carboxylic acids is 2. The van der Waals surface area contributed by atoms with Gasteiger partial charge in [0.05, 0.1) is 22.9 Å². The Bertz CT molecular complexity index is 680. The van der Waals surface area contributed by atoms with Crippen molar-refractivity contribution in [2.45, 2.75) is 12.3 Å². The quantitative estimate of drug-likeness (QED) is 0.539. The average Bonchev–Trinajstić information content (AvgIpc) is 2.96. The highest BCUT2D eigenvalue weighted by molar-refractivity contribution is 5.97. The summed E-state index contributed by atoms with van der Waals surface area (Å²) in [5, 5.41) is 0. The second-order valence-corrected chi connectivity index (χ2v) is 6.45. The van der Waals surface area contributed by atoms with Crippen LogP contribution in [0, 0.1) is 10.2 Å². The zero-order valence-corrected chi connectivity index (χ0v) is 14.2. The van der Waals surface area contributed by atoms with Gasteiger partial charge >= 0.3 is 18.3 Å². The van der Waals surface area contributed by atoms with Crippen LogP contribution in [-0.4, -0.2) is 50.6 Å². The molecule has 2 aliphatic heterocycles. The molecule has 1 aromatic rings. The lowest BCUT2D eigenvalue weighted by Crippen LogP contribution is -2.65. The van der Waals surface area contributed by atoms with E-state index in [0.717, 1.165) is 0 Å². The summed E-state index contributed by atoms with van der Waals surface area (Å²) < 4.78 is 45.9. The van der Waals surface area contributed by atoms with Crippen molar-refractivity contribution in [3.63, 3.8) is 0 Å². The number of hydrogen-bond donors (Lipinski definition) is 1. The Morgan fingerprint density at radius 2 is 1.85 bits per heavy atom. The number of cyclic esters (lactones) is 1. The molecule has 0 radical (unpaired) electrons. The maximum Gasteiger partial charge on any atom is 0.414 e. The van der Waals surface area contributed by atoms with Crippen molar-refractivity contribution in [2.24, 2.45) is 5.73 Å². The number of amides is 2. The zero-order valence-electron chi connectivity index (χ0n) is 13.4.